The van der Waals surface area contributed by atoms with Gasteiger partial charge in [0, 0.05) is 25.7 Å². The highest BCUT2D eigenvalue weighted by atomic mass is 19.4. The van der Waals surface area contributed by atoms with Gasteiger partial charge in [-0.1, -0.05) is 0 Å². The highest BCUT2D eigenvalue weighted by Gasteiger charge is 2.47. The zero-order valence-corrected chi connectivity index (χ0v) is 19.7. The number of aliphatic carboxylic acids is 1. The molecule has 0 aromatic rings. The molecule has 2 saturated heterocycles. The molecule has 2 saturated carbocycles. The number of alkyl halides is 4. The van der Waals surface area contributed by atoms with Crippen molar-refractivity contribution < 1.29 is 32.2 Å². The van der Waals surface area contributed by atoms with E-state index in [1.807, 2.05) is 0 Å². The summed E-state index contributed by atoms with van der Waals surface area (Å²) in [4.78, 5) is 13.1. The smallest absolute Gasteiger partial charge is 0.391 e. The first-order valence-electron chi connectivity index (χ1n) is 13.0. The number of hydrogen-bond donors (Lipinski definition) is 3. The standard InChI is InChI=1S/C24H39F4N3O3/c25-21-22(31-11-1-2-19(31)17-7-9-18(10-8-17)24(26,27)28)29-14-30-23(21)34-13-16-5-3-15(4-6-16)12-20(32)33/h15-19,21-23,29-30H,1-14H2,(H,32,33). The lowest BCUT2D eigenvalue weighted by Gasteiger charge is -2.45. The third-order valence-electron chi connectivity index (χ3n) is 8.62. The van der Waals surface area contributed by atoms with Gasteiger partial charge in [0.25, 0.3) is 0 Å². The van der Waals surface area contributed by atoms with Gasteiger partial charge >= 0.3 is 12.1 Å². The van der Waals surface area contributed by atoms with Gasteiger partial charge in [-0.25, -0.2) is 4.39 Å². The van der Waals surface area contributed by atoms with E-state index in [0.717, 1.165) is 45.1 Å². The highest BCUT2D eigenvalue weighted by Crippen LogP contribution is 2.43. The Labute approximate surface area is 199 Å². The maximum atomic E-state index is 15.6. The van der Waals surface area contributed by atoms with Crippen molar-refractivity contribution in [3.63, 3.8) is 0 Å². The maximum absolute atomic E-state index is 15.6. The molecule has 2 heterocycles. The molecule has 0 aromatic carbocycles. The first-order valence-corrected chi connectivity index (χ1v) is 13.0. The second kappa shape index (κ2) is 11.4. The molecule has 0 radical (unpaired) electrons. The minimum absolute atomic E-state index is 0.119. The fourth-order valence-corrected chi connectivity index (χ4v) is 6.69. The molecule has 34 heavy (non-hydrogen) atoms. The highest BCUT2D eigenvalue weighted by molar-refractivity contribution is 5.67. The quantitative estimate of drug-likeness (QED) is 0.461. The lowest BCUT2D eigenvalue weighted by atomic mass is 9.77. The molecule has 4 aliphatic rings. The molecule has 10 heteroatoms. The number of halogens is 4. The molecule has 4 unspecified atom stereocenters. The minimum atomic E-state index is -4.11. The van der Waals surface area contributed by atoms with Gasteiger partial charge in [-0.15, -0.1) is 0 Å². The second-order valence-electron chi connectivity index (χ2n) is 10.8. The third kappa shape index (κ3) is 6.42. The summed E-state index contributed by atoms with van der Waals surface area (Å²) in [7, 11) is 0. The lowest BCUT2D eigenvalue weighted by Crippen LogP contribution is -2.66. The zero-order chi connectivity index (χ0) is 24.3. The van der Waals surface area contributed by atoms with Crippen LogP contribution in [0.5, 0.6) is 0 Å². The van der Waals surface area contributed by atoms with Gasteiger partial charge in [0.1, 0.15) is 6.23 Å². The molecule has 3 N–H and O–H groups in total. The van der Waals surface area contributed by atoms with Gasteiger partial charge in [-0.3, -0.25) is 20.3 Å². The van der Waals surface area contributed by atoms with Gasteiger partial charge in [0.2, 0.25) is 0 Å². The van der Waals surface area contributed by atoms with Crippen molar-refractivity contribution in [1.82, 2.24) is 15.5 Å². The number of nitrogens with one attached hydrogen (secondary N) is 2. The average Bonchev–Trinajstić information content (AvgIpc) is 3.28. The molecule has 4 fully saturated rings. The summed E-state index contributed by atoms with van der Waals surface area (Å²) < 4.78 is 60.8. The van der Waals surface area contributed by atoms with E-state index in [4.69, 9.17) is 9.84 Å². The number of carbonyl (C=O) groups is 1. The first-order chi connectivity index (χ1) is 16.2. The molecular weight excluding hydrogens is 454 g/mol. The number of carboxylic acid groups (broad SMARTS) is 1. The van der Waals surface area contributed by atoms with Gasteiger partial charge in [0.15, 0.2) is 6.17 Å². The van der Waals surface area contributed by atoms with E-state index in [2.05, 4.69) is 15.5 Å². The van der Waals surface area contributed by atoms with Crippen LogP contribution in [0.25, 0.3) is 0 Å². The van der Waals surface area contributed by atoms with Crippen LogP contribution in [0.3, 0.4) is 0 Å². The molecule has 196 valence electrons. The Morgan fingerprint density at radius 2 is 1.65 bits per heavy atom. The summed E-state index contributed by atoms with van der Waals surface area (Å²) in [5.41, 5.74) is 0. The largest absolute Gasteiger partial charge is 0.481 e. The molecule has 0 bridgehead atoms. The number of likely N-dealkylation sites (tertiary alicyclic amines) is 1. The van der Waals surface area contributed by atoms with Crippen LogP contribution in [0.1, 0.15) is 70.6 Å². The van der Waals surface area contributed by atoms with Crippen LogP contribution in [0, 0.1) is 23.7 Å². The molecule has 4 rings (SSSR count). The molecule has 0 amide bonds. The predicted molar refractivity (Wildman–Crippen MR) is 118 cm³/mol. The van der Waals surface area contributed by atoms with Gasteiger partial charge in [0.05, 0.1) is 18.7 Å². The second-order valence-corrected chi connectivity index (χ2v) is 10.8. The minimum Gasteiger partial charge on any atom is -0.481 e. The van der Waals surface area contributed by atoms with Crippen LogP contribution < -0.4 is 10.6 Å². The van der Waals surface area contributed by atoms with Gasteiger partial charge in [-0.05, 0) is 82.0 Å². The topological polar surface area (TPSA) is 73.8 Å². The lowest BCUT2D eigenvalue weighted by molar-refractivity contribution is -0.185. The zero-order valence-electron chi connectivity index (χ0n) is 19.7. The van der Waals surface area contributed by atoms with Gasteiger partial charge in [-0.2, -0.15) is 13.2 Å². The summed E-state index contributed by atoms with van der Waals surface area (Å²) >= 11 is 0. The Kier molecular flexibility index (Phi) is 8.75. The van der Waals surface area contributed by atoms with Crippen LogP contribution in [-0.4, -0.2) is 66.6 Å². The van der Waals surface area contributed by atoms with Crippen molar-refractivity contribution in [1.29, 1.82) is 0 Å². The van der Waals surface area contributed by atoms with Crippen molar-refractivity contribution in [2.75, 3.05) is 19.8 Å². The van der Waals surface area contributed by atoms with Crippen LogP contribution >= 0.6 is 0 Å². The number of rotatable bonds is 7. The molecule has 0 spiro atoms. The fraction of sp³-hybridized carbons (Fsp3) is 0.958. The molecule has 2 aliphatic carbocycles. The van der Waals surface area contributed by atoms with Crippen LogP contribution in [0.15, 0.2) is 0 Å². The van der Waals surface area contributed by atoms with Gasteiger partial charge < -0.3 is 9.84 Å². The van der Waals surface area contributed by atoms with Crippen molar-refractivity contribution in [2.45, 2.75) is 101 Å². The summed E-state index contributed by atoms with van der Waals surface area (Å²) in [6, 6.07) is 0.119. The van der Waals surface area contributed by atoms with Crippen LogP contribution in [0.2, 0.25) is 0 Å². The Bertz CT molecular complexity index is 666. The number of carboxylic acids is 1. The SMILES string of the molecule is O=C(O)CC1CCC(COC2NCNC(N3CCCC3C3CCC(C(F)(F)F)CC3)C2F)CC1. The van der Waals surface area contributed by atoms with Crippen LogP contribution in [-0.2, 0) is 9.53 Å². The van der Waals surface area contributed by atoms with Crippen molar-refractivity contribution in [3.8, 4) is 0 Å². The number of hydrogen-bond acceptors (Lipinski definition) is 5. The maximum Gasteiger partial charge on any atom is 0.391 e. The van der Waals surface area contributed by atoms with E-state index in [1.54, 1.807) is 0 Å². The summed E-state index contributed by atoms with van der Waals surface area (Å²) in [5.74, 6) is -1.22. The van der Waals surface area contributed by atoms with Crippen LogP contribution in [0.4, 0.5) is 17.6 Å². The Morgan fingerprint density at radius 3 is 2.29 bits per heavy atom. The predicted octanol–water partition coefficient (Wildman–Crippen LogP) is 4.26. The summed E-state index contributed by atoms with van der Waals surface area (Å²) in [5, 5.41) is 15.3. The van der Waals surface area contributed by atoms with E-state index in [0.29, 0.717) is 32.0 Å². The van der Waals surface area contributed by atoms with Crippen molar-refractivity contribution in [3.05, 3.63) is 0 Å². The molecular formula is C24H39F4N3O3. The first kappa shape index (κ1) is 26.1. The molecule has 0 aromatic heterocycles. The molecule has 2 aliphatic heterocycles. The van der Waals surface area contributed by atoms with Crippen molar-refractivity contribution >= 4 is 5.97 Å². The van der Waals surface area contributed by atoms with Crippen molar-refractivity contribution in [2.24, 2.45) is 23.7 Å². The fourth-order valence-electron chi connectivity index (χ4n) is 6.69. The average molecular weight is 494 g/mol. The number of nitrogens with zero attached hydrogens (tertiary/aromatic N) is 1. The van der Waals surface area contributed by atoms with E-state index >= 15 is 4.39 Å². The van der Waals surface area contributed by atoms with E-state index in [-0.39, 0.29) is 37.1 Å². The van der Waals surface area contributed by atoms with E-state index in [9.17, 15) is 18.0 Å². The monoisotopic (exact) mass is 493 g/mol. The Balaban J connectivity index is 1.26. The molecule has 6 nitrogen and oxygen atoms in total. The Morgan fingerprint density at radius 1 is 0.971 bits per heavy atom. The number of ether oxygens (including phenoxy) is 1. The van der Waals surface area contributed by atoms with E-state index in [1.165, 1.54) is 0 Å². The molecule has 4 atom stereocenters. The normalized spacial score (nSPS) is 40.4. The summed E-state index contributed by atoms with van der Waals surface area (Å²) in [6.45, 7) is 1.63. The summed E-state index contributed by atoms with van der Waals surface area (Å²) in [6.07, 6.45) is 0.466. The third-order valence-corrected chi connectivity index (χ3v) is 8.62. The van der Waals surface area contributed by atoms with E-state index < -0.39 is 36.6 Å². The Hall–Kier alpha value is -0.970.